The van der Waals surface area contributed by atoms with Gasteiger partial charge in [0.05, 0.1) is 13.7 Å². The number of halogens is 3. The second-order valence-electron chi connectivity index (χ2n) is 1.29. The molecule has 55 valence electrons. The van der Waals surface area contributed by atoms with E-state index in [9.17, 15) is 0 Å². The van der Waals surface area contributed by atoms with Crippen molar-refractivity contribution in [3.05, 3.63) is 7.11 Å². The largest absolute Gasteiger partial charge is 0.353 e. The van der Waals surface area contributed by atoms with Gasteiger partial charge in [-0.3, -0.25) is 0 Å². The molecule has 0 aromatic heterocycles. The first-order chi connectivity index (χ1) is 4.06. The minimum Gasteiger partial charge on any atom is -0.353 e. The average Bonchev–Trinajstić information content (AvgIpc) is 1.63. The number of hydrogen-bond donors (Lipinski definition) is 0. The summed E-state index contributed by atoms with van der Waals surface area (Å²) >= 11 is 15.9. The van der Waals surface area contributed by atoms with Gasteiger partial charge in [-0.25, -0.2) is 0 Å². The van der Waals surface area contributed by atoms with Crippen molar-refractivity contribution in [1.29, 1.82) is 0 Å². The Balaban J connectivity index is 3.07. The van der Waals surface area contributed by atoms with Crippen molar-refractivity contribution in [3.8, 4) is 0 Å². The molecule has 1 radical (unpaired) electrons. The Hall–Kier alpha value is 0.790. The maximum atomic E-state index is 5.30. The fourth-order valence-electron chi connectivity index (χ4n) is 0.216. The van der Waals surface area contributed by atoms with Gasteiger partial charge in [-0.15, -0.1) is 0 Å². The third-order valence-electron chi connectivity index (χ3n) is 0.432. The number of hydrogen-bond acceptors (Lipinski definition) is 2. The molecule has 0 bridgehead atoms. The molecule has 0 unspecified atom stereocenters. The van der Waals surface area contributed by atoms with Gasteiger partial charge in [0.15, 0.2) is 0 Å². The highest BCUT2D eigenvalue weighted by Gasteiger charge is 2.18. The Labute approximate surface area is 69.0 Å². The monoisotopic (exact) mass is 191 g/mol. The van der Waals surface area contributed by atoms with Gasteiger partial charge >= 0.3 is 0 Å². The summed E-state index contributed by atoms with van der Waals surface area (Å²) in [4.78, 5) is 0. The zero-order chi connectivity index (χ0) is 7.33. The van der Waals surface area contributed by atoms with Crippen molar-refractivity contribution < 1.29 is 9.47 Å². The molecule has 0 aromatic carbocycles. The molecule has 0 saturated carbocycles. The van der Waals surface area contributed by atoms with E-state index in [1.165, 1.54) is 0 Å². The van der Waals surface area contributed by atoms with Crippen molar-refractivity contribution in [2.45, 2.75) is 3.79 Å². The van der Waals surface area contributed by atoms with E-state index in [2.05, 4.69) is 16.6 Å². The summed E-state index contributed by atoms with van der Waals surface area (Å²) in [6.07, 6.45) is 0. The van der Waals surface area contributed by atoms with Crippen LogP contribution in [0.1, 0.15) is 0 Å². The van der Waals surface area contributed by atoms with Crippen molar-refractivity contribution in [2.75, 3.05) is 13.4 Å². The summed E-state index contributed by atoms with van der Waals surface area (Å²) in [5.41, 5.74) is 0. The first kappa shape index (κ1) is 9.79. The predicted molar refractivity (Wildman–Crippen MR) is 37.6 cm³/mol. The second kappa shape index (κ2) is 4.58. The lowest BCUT2D eigenvalue weighted by Gasteiger charge is -2.09. The summed E-state index contributed by atoms with van der Waals surface area (Å²) in [6.45, 7) is 0.0428. The first-order valence-corrected chi connectivity index (χ1v) is 3.21. The van der Waals surface area contributed by atoms with Crippen LogP contribution in [0, 0.1) is 7.11 Å². The quantitative estimate of drug-likeness (QED) is 0.387. The van der Waals surface area contributed by atoms with Crippen LogP contribution < -0.4 is 0 Å². The fourth-order valence-corrected chi connectivity index (χ4v) is 0.448. The molecule has 0 saturated heterocycles. The minimum atomic E-state index is -1.36. The predicted octanol–water partition coefficient (Wildman–Crippen LogP) is 2.14. The van der Waals surface area contributed by atoms with E-state index < -0.39 is 3.79 Å². The summed E-state index contributed by atoms with van der Waals surface area (Å²) in [6, 6.07) is 0. The van der Waals surface area contributed by atoms with E-state index >= 15 is 0 Å². The van der Waals surface area contributed by atoms with Crippen LogP contribution in [0.5, 0.6) is 0 Å². The van der Waals surface area contributed by atoms with Crippen LogP contribution in [0.15, 0.2) is 0 Å². The molecule has 0 rings (SSSR count). The van der Waals surface area contributed by atoms with Gasteiger partial charge in [0.1, 0.15) is 6.79 Å². The topological polar surface area (TPSA) is 18.5 Å². The summed E-state index contributed by atoms with van der Waals surface area (Å²) < 4.78 is 7.59. The Kier molecular flexibility index (Phi) is 4.98. The summed E-state index contributed by atoms with van der Waals surface area (Å²) in [5.74, 6) is 0. The maximum Gasteiger partial charge on any atom is 0.213 e. The minimum absolute atomic E-state index is 0.00713. The molecule has 0 aromatic rings. The second-order valence-corrected chi connectivity index (χ2v) is 3.80. The summed E-state index contributed by atoms with van der Waals surface area (Å²) in [7, 11) is 3.05. The van der Waals surface area contributed by atoms with Crippen LogP contribution in [-0.4, -0.2) is 17.2 Å². The number of ether oxygens (including phenoxy) is 2. The zero-order valence-corrected chi connectivity index (χ0v) is 6.84. The highest BCUT2D eigenvalue weighted by atomic mass is 35.6. The van der Waals surface area contributed by atoms with E-state index in [-0.39, 0.29) is 13.4 Å². The highest BCUT2D eigenvalue weighted by molar-refractivity contribution is 6.67. The molecule has 0 heterocycles. The van der Waals surface area contributed by atoms with Gasteiger partial charge in [-0.1, -0.05) is 34.8 Å². The van der Waals surface area contributed by atoms with Gasteiger partial charge in [0, 0.05) is 0 Å². The van der Waals surface area contributed by atoms with E-state index in [0.29, 0.717) is 0 Å². The Morgan fingerprint density at radius 3 is 2.22 bits per heavy atom. The molecule has 0 aliphatic carbocycles. The van der Waals surface area contributed by atoms with E-state index in [1.54, 1.807) is 0 Å². The Morgan fingerprint density at radius 1 is 1.33 bits per heavy atom. The molecule has 9 heavy (non-hydrogen) atoms. The standard InChI is InChI=1S/C4H6Cl3O2/c1-8-3-9-2-4(5,6)7/h1-3H2. The van der Waals surface area contributed by atoms with Crippen molar-refractivity contribution in [1.82, 2.24) is 0 Å². The van der Waals surface area contributed by atoms with Crippen molar-refractivity contribution >= 4 is 34.8 Å². The van der Waals surface area contributed by atoms with Crippen LogP contribution in [-0.2, 0) is 9.47 Å². The molecule has 0 aliphatic rings. The third kappa shape index (κ3) is 8.79. The van der Waals surface area contributed by atoms with Crippen LogP contribution in [0.4, 0.5) is 0 Å². The molecule has 0 amide bonds. The zero-order valence-electron chi connectivity index (χ0n) is 4.57. The highest BCUT2D eigenvalue weighted by Crippen LogP contribution is 2.25. The normalized spacial score (nSPS) is 12.0. The van der Waals surface area contributed by atoms with E-state index in [4.69, 9.17) is 34.8 Å². The Morgan fingerprint density at radius 2 is 1.89 bits per heavy atom. The average molecular weight is 192 g/mol. The lowest BCUT2D eigenvalue weighted by Crippen LogP contribution is -2.13. The first-order valence-electron chi connectivity index (χ1n) is 2.08. The molecule has 0 spiro atoms. The van der Waals surface area contributed by atoms with Gasteiger partial charge in [0.2, 0.25) is 3.79 Å². The molecule has 0 fully saturated rings. The lowest BCUT2D eigenvalue weighted by atomic mass is 10.8. The smallest absolute Gasteiger partial charge is 0.213 e. The van der Waals surface area contributed by atoms with Crippen molar-refractivity contribution in [2.24, 2.45) is 0 Å². The van der Waals surface area contributed by atoms with Crippen LogP contribution in [0.3, 0.4) is 0 Å². The van der Waals surface area contributed by atoms with Crippen LogP contribution in [0.25, 0.3) is 0 Å². The fraction of sp³-hybridized carbons (Fsp3) is 0.750. The third-order valence-corrected chi connectivity index (χ3v) is 0.760. The van der Waals surface area contributed by atoms with Gasteiger partial charge in [-0.2, -0.15) is 0 Å². The molecular formula is C4H6Cl3O2. The van der Waals surface area contributed by atoms with Gasteiger partial charge in [-0.05, 0) is 0 Å². The molecule has 2 nitrogen and oxygen atoms in total. The summed E-state index contributed by atoms with van der Waals surface area (Å²) in [5, 5.41) is 0. The molecule has 0 N–H and O–H groups in total. The van der Waals surface area contributed by atoms with Crippen molar-refractivity contribution in [3.63, 3.8) is 0 Å². The van der Waals surface area contributed by atoms with Crippen LogP contribution in [0.2, 0.25) is 0 Å². The van der Waals surface area contributed by atoms with E-state index in [1.807, 2.05) is 0 Å². The maximum absolute atomic E-state index is 5.30. The molecular weight excluding hydrogens is 186 g/mol. The molecule has 0 aliphatic heterocycles. The molecule has 0 atom stereocenters. The molecule has 5 heteroatoms. The van der Waals surface area contributed by atoms with Gasteiger partial charge < -0.3 is 9.47 Å². The van der Waals surface area contributed by atoms with Crippen LogP contribution >= 0.6 is 34.8 Å². The number of rotatable bonds is 3. The number of alkyl halides is 3. The SMILES string of the molecule is [CH2]OCOCC(Cl)(Cl)Cl. The Bertz CT molecular complexity index is 70.7. The lowest BCUT2D eigenvalue weighted by molar-refractivity contribution is -0.0120. The van der Waals surface area contributed by atoms with Gasteiger partial charge in [0.25, 0.3) is 0 Å². The van der Waals surface area contributed by atoms with E-state index in [0.717, 1.165) is 0 Å².